The van der Waals surface area contributed by atoms with Crippen LogP contribution in [0.3, 0.4) is 0 Å². The van der Waals surface area contributed by atoms with Gasteiger partial charge in [-0.2, -0.15) is 0 Å². The molecule has 0 saturated carbocycles. The van der Waals surface area contributed by atoms with Crippen molar-refractivity contribution in [3.8, 4) is 11.5 Å². The van der Waals surface area contributed by atoms with E-state index in [0.29, 0.717) is 27.9 Å². The first kappa shape index (κ1) is 27.1. The number of nitro groups is 1. The highest BCUT2D eigenvalue weighted by atomic mass is 28.4. The molecule has 1 fully saturated rings. The standard InChI is InChI=1S/C24H40N2O6Si/c1-17(2)33(18(3)4,19(5)6)32-15-21(26(29)30)13-20-9-10-22(27)14-23(20)31-16-24(28)25-11-7-8-12-25/h9-10,14,17-19,21,27H,7-8,11-13,15-16H2,1-6H3. The molecule has 0 bridgehead atoms. The quantitative estimate of drug-likeness (QED) is 0.263. The Morgan fingerprint density at radius 2 is 1.70 bits per heavy atom. The summed E-state index contributed by atoms with van der Waals surface area (Å²) in [6.45, 7) is 14.2. The predicted molar refractivity (Wildman–Crippen MR) is 131 cm³/mol. The number of amides is 1. The van der Waals surface area contributed by atoms with Gasteiger partial charge in [0.2, 0.25) is 14.4 Å². The number of ether oxygens (including phenoxy) is 1. The van der Waals surface area contributed by atoms with Gasteiger partial charge in [-0.05, 0) is 35.5 Å². The van der Waals surface area contributed by atoms with Crippen LogP contribution in [0, 0.1) is 10.1 Å². The summed E-state index contributed by atoms with van der Waals surface area (Å²) in [5.74, 6) is 0.175. The Kier molecular flexibility index (Phi) is 9.72. The van der Waals surface area contributed by atoms with Crippen LogP contribution >= 0.6 is 0 Å². The smallest absolute Gasteiger partial charge is 0.260 e. The topological polar surface area (TPSA) is 102 Å². The number of carbonyl (C=O) groups is 1. The maximum absolute atomic E-state index is 12.4. The first-order valence-electron chi connectivity index (χ1n) is 12.0. The second kappa shape index (κ2) is 11.8. The van der Waals surface area contributed by atoms with Crippen LogP contribution in [0.15, 0.2) is 18.2 Å². The van der Waals surface area contributed by atoms with Gasteiger partial charge in [-0.3, -0.25) is 14.9 Å². The molecule has 1 unspecified atom stereocenters. The Hall–Kier alpha value is -2.13. The van der Waals surface area contributed by atoms with Crippen LogP contribution in [0.2, 0.25) is 16.6 Å². The van der Waals surface area contributed by atoms with Crippen molar-refractivity contribution < 1.29 is 24.0 Å². The Morgan fingerprint density at radius 3 is 2.21 bits per heavy atom. The summed E-state index contributed by atoms with van der Waals surface area (Å²) in [5, 5.41) is 21.9. The molecule has 1 aromatic rings. The van der Waals surface area contributed by atoms with E-state index < -0.39 is 14.4 Å². The average molecular weight is 481 g/mol. The minimum Gasteiger partial charge on any atom is -0.508 e. The zero-order valence-electron chi connectivity index (χ0n) is 20.9. The molecule has 1 aliphatic rings. The lowest BCUT2D eigenvalue weighted by molar-refractivity contribution is -0.524. The summed E-state index contributed by atoms with van der Waals surface area (Å²) in [7, 11) is -2.25. The molecule has 1 amide bonds. The van der Waals surface area contributed by atoms with Crippen LogP contribution < -0.4 is 4.74 Å². The maximum Gasteiger partial charge on any atom is 0.260 e. The van der Waals surface area contributed by atoms with E-state index in [4.69, 9.17) is 9.16 Å². The number of hydrogen-bond donors (Lipinski definition) is 1. The molecule has 2 rings (SSSR count). The minimum absolute atomic E-state index is 0.0119. The van der Waals surface area contributed by atoms with Gasteiger partial charge in [0.05, 0.1) is 0 Å². The van der Waals surface area contributed by atoms with Crippen molar-refractivity contribution in [2.45, 2.75) is 83.5 Å². The summed E-state index contributed by atoms with van der Waals surface area (Å²) < 4.78 is 12.2. The molecule has 1 atom stereocenters. The zero-order chi connectivity index (χ0) is 24.8. The highest BCUT2D eigenvalue weighted by molar-refractivity contribution is 6.77. The summed E-state index contributed by atoms with van der Waals surface area (Å²) in [4.78, 5) is 25.8. The number of aromatic hydroxyl groups is 1. The first-order valence-corrected chi connectivity index (χ1v) is 14.1. The predicted octanol–water partition coefficient (Wildman–Crippen LogP) is 4.77. The molecule has 1 heterocycles. The fraction of sp³-hybridized carbons (Fsp3) is 0.708. The van der Waals surface area contributed by atoms with Gasteiger partial charge < -0.3 is 19.2 Å². The SMILES string of the molecule is CC(C)[Si](OCC(Cc1ccc(O)cc1OCC(=O)N1CCCC1)[N+](=O)[O-])(C(C)C)C(C)C. The lowest BCUT2D eigenvalue weighted by atomic mass is 10.1. The van der Waals surface area contributed by atoms with Crippen molar-refractivity contribution in [3.63, 3.8) is 0 Å². The van der Waals surface area contributed by atoms with Crippen LogP contribution in [-0.4, -0.2) is 61.5 Å². The monoisotopic (exact) mass is 480 g/mol. The molecule has 1 saturated heterocycles. The summed E-state index contributed by atoms with van der Waals surface area (Å²) in [5.41, 5.74) is 1.57. The van der Waals surface area contributed by atoms with E-state index >= 15 is 0 Å². The molecule has 1 aromatic carbocycles. The lowest BCUT2D eigenvalue weighted by Gasteiger charge is -2.42. The van der Waals surface area contributed by atoms with Crippen LogP contribution in [0.5, 0.6) is 11.5 Å². The number of phenols is 1. The van der Waals surface area contributed by atoms with Gasteiger partial charge in [0, 0.05) is 36.1 Å². The highest BCUT2D eigenvalue weighted by Crippen LogP contribution is 2.42. The highest BCUT2D eigenvalue weighted by Gasteiger charge is 2.46. The van der Waals surface area contributed by atoms with Crippen molar-refractivity contribution in [3.05, 3.63) is 33.9 Å². The second-order valence-electron chi connectivity index (χ2n) is 9.94. The van der Waals surface area contributed by atoms with Crippen LogP contribution in [-0.2, 0) is 15.6 Å². The largest absolute Gasteiger partial charge is 0.508 e. The number of likely N-dealkylation sites (tertiary alicyclic amines) is 1. The van der Waals surface area contributed by atoms with Crippen LogP contribution in [0.1, 0.15) is 59.9 Å². The van der Waals surface area contributed by atoms with Gasteiger partial charge in [0.1, 0.15) is 18.1 Å². The van der Waals surface area contributed by atoms with Crippen molar-refractivity contribution in [1.82, 2.24) is 4.90 Å². The molecule has 8 nitrogen and oxygen atoms in total. The fourth-order valence-electron chi connectivity index (χ4n) is 5.23. The molecule has 0 radical (unpaired) electrons. The molecule has 186 valence electrons. The van der Waals surface area contributed by atoms with E-state index in [0.717, 1.165) is 25.9 Å². The van der Waals surface area contributed by atoms with Gasteiger partial charge in [-0.1, -0.05) is 47.6 Å². The van der Waals surface area contributed by atoms with Gasteiger partial charge in [-0.15, -0.1) is 0 Å². The Bertz CT molecular complexity index is 786. The van der Waals surface area contributed by atoms with Crippen LogP contribution in [0.4, 0.5) is 0 Å². The molecule has 0 aliphatic carbocycles. The first-order chi connectivity index (χ1) is 15.5. The third-order valence-electron chi connectivity index (χ3n) is 6.85. The van der Waals surface area contributed by atoms with Crippen molar-refractivity contribution in [2.75, 3.05) is 26.3 Å². The fourth-order valence-corrected chi connectivity index (χ4v) is 10.7. The zero-order valence-corrected chi connectivity index (χ0v) is 21.9. The maximum atomic E-state index is 12.4. The number of phenolic OH excluding ortho intramolecular Hbond substituents is 1. The van der Waals surface area contributed by atoms with Crippen LogP contribution in [0.25, 0.3) is 0 Å². The van der Waals surface area contributed by atoms with Crippen molar-refractivity contribution in [1.29, 1.82) is 0 Å². The van der Waals surface area contributed by atoms with E-state index in [1.165, 1.54) is 12.1 Å². The van der Waals surface area contributed by atoms with Crippen molar-refractivity contribution in [2.24, 2.45) is 0 Å². The molecule has 9 heteroatoms. The van der Waals surface area contributed by atoms with E-state index in [2.05, 4.69) is 41.5 Å². The molecular formula is C24H40N2O6Si. The van der Waals surface area contributed by atoms with Gasteiger partial charge >= 0.3 is 0 Å². The Balaban J connectivity index is 2.16. The normalized spacial score (nSPS) is 15.5. The third kappa shape index (κ3) is 6.69. The van der Waals surface area contributed by atoms with E-state index in [9.17, 15) is 20.0 Å². The molecule has 0 spiro atoms. The molecule has 1 N–H and O–H groups in total. The summed E-state index contributed by atoms with van der Waals surface area (Å²) in [6, 6.07) is 3.58. The van der Waals surface area contributed by atoms with Gasteiger partial charge in [-0.25, -0.2) is 0 Å². The second-order valence-corrected chi connectivity index (χ2v) is 15.4. The molecule has 1 aliphatic heterocycles. The van der Waals surface area contributed by atoms with Gasteiger partial charge in [0.25, 0.3) is 5.91 Å². The summed E-state index contributed by atoms with van der Waals surface area (Å²) >= 11 is 0. The Morgan fingerprint density at radius 1 is 1.12 bits per heavy atom. The Labute approximate surface area is 198 Å². The number of rotatable bonds is 12. The lowest BCUT2D eigenvalue weighted by Crippen LogP contribution is -2.50. The van der Waals surface area contributed by atoms with E-state index in [-0.39, 0.29) is 36.2 Å². The van der Waals surface area contributed by atoms with Gasteiger partial charge in [0.15, 0.2) is 6.61 Å². The molecular weight excluding hydrogens is 440 g/mol. The van der Waals surface area contributed by atoms with Crippen molar-refractivity contribution >= 4 is 14.2 Å². The van der Waals surface area contributed by atoms with E-state index in [1.807, 2.05) is 0 Å². The minimum atomic E-state index is -2.25. The molecule has 33 heavy (non-hydrogen) atoms. The average Bonchev–Trinajstić information content (AvgIpc) is 3.26. The molecule has 0 aromatic heterocycles. The number of carbonyl (C=O) groups excluding carboxylic acids is 1. The summed E-state index contributed by atoms with van der Waals surface area (Å²) in [6.07, 6.45) is 2.07. The number of benzene rings is 1. The number of nitrogens with zero attached hydrogens (tertiary/aromatic N) is 2. The third-order valence-corrected chi connectivity index (χ3v) is 12.9. The van der Waals surface area contributed by atoms with E-state index in [1.54, 1.807) is 11.0 Å². The number of hydrogen-bond acceptors (Lipinski definition) is 6.